The molecule has 0 bridgehead atoms. The van der Waals surface area contributed by atoms with Gasteiger partial charge in [-0.2, -0.15) is 0 Å². The Morgan fingerprint density at radius 2 is 1.90 bits per heavy atom. The molecule has 0 heterocycles. The van der Waals surface area contributed by atoms with Crippen LogP contribution in [-0.4, -0.2) is 12.2 Å². The van der Waals surface area contributed by atoms with Crippen LogP contribution in [0.1, 0.15) is 17.2 Å². The second-order valence-corrected chi connectivity index (χ2v) is 6.06. The minimum Gasteiger partial charge on any atom is -0.497 e. The molecule has 0 radical (unpaired) electrons. The highest BCUT2D eigenvalue weighted by molar-refractivity contribution is 9.10. The molecule has 0 fully saturated rings. The number of hydrogen-bond acceptors (Lipinski definition) is 2. The van der Waals surface area contributed by atoms with Crippen LogP contribution in [0.3, 0.4) is 0 Å². The Hall–Kier alpha value is -0.910. The second kappa shape index (κ2) is 6.70. The first-order chi connectivity index (χ1) is 9.51. The van der Waals surface area contributed by atoms with E-state index in [9.17, 15) is 9.50 Å². The maximum atomic E-state index is 13.2. The van der Waals surface area contributed by atoms with E-state index in [1.807, 2.05) is 18.2 Å². The molecule has 0 aliphatic heterocycles. The number of ether oxygens (including phenoxy) is 1. The summed E-state index contributed by atoms with van der Waals surface area (Å²) in [4.78, 5) is 0. The fraction of sp³-hybridized carbons (Fsp3) is 0.200. The Balaban J connectivity index is 2.22. The normalized spacial score (nSPS) is 12.2. The van der Waals surface area contributed by atoms with Crippen molar-refractivity contribution >= 4 is 31.9 Å². The topological polar surface area (TPSA) is 29.5 Å². The van der Waals surface area contributed by atoms with Crippen molar-refractivity contribution in [1.82, 2.24) is 0 Å². The van der Waals surface area contributed by atoms with Gasteiger partial charge >= 0.3 is 0 Å². The largest absolute Gasteiger partial charge is 0.497 e. The zero-order valence-corrected chi connectivity index (χ0v) is 13.9. The van der Waals surface area contributed by atoms with Crippen LogP contribution in [0.5, 0.6) is 5.75 Å². The average Bonchev–Trinajstić information content (AvgIpc) is 2.44. The molecule has 0 aromatic heterocycles. The molecular formula is C15H13Br2FO2. The third-order valence-corrected chi connectivity index (χ3v) is 4.38. The molecule has 1 atom stereocenters. The molecule has 2 nitrogen and oxygen atoms in total. The summed E-state index contributed by atoms with van der Waals surface area (Å²) in [6, 6.07) is 10.1. The summed E-state index contributed by atoms with van der Waals surface area (Å²) in [5, 5.41) is 10.3. The van der Waals surface area contributed by atoms with Crippen molar-refractivity contribution in [3.63, 3.8) is 0 Å². The molecule has 2 aromatic carbocycles. The highest BCUT2D eigenvalue weighted by atomic mass is 79.9. The van der Waals surface area contributed by atoms with Crippen molar-refractivity contribution < 1.29 is 14.2 Å². The number of aliphatic hydroxyl groups is 1. The third kappa shape index (κ3) is 3.59. The molecule has 0 spiro atoms. The van der Waals surface area contributed by atoms with Crippen molar-refractivity contribution in [2.45, 2.75) is 12.5 Å². The Bertz CT molecular complexity index is 617. The van der Waals surface area contributed by atoms with E-state index in [-0.39, 0.29) is 5.82 Å². The first-order valence-electron chi connectivity index (χ1n) is 5.96. The summed E-state index contributed by atoms with van der Waals surface area (Å²) in [5.41, 5.74) is 1.59. The monoisotopic (exact) mass is 402 g/mol. The zero-order chi connectivity index (χ0) is 14.7. The fourth-order valence-corrected chi connectivity index (χ4v) is 2.69. The van der Waals surface area contributed by atoms with E-state index in [1.165, 1.54) is 6.07 Å². The van der Waals surface area contributed by atoms with Gasteiger partial charge in [0.15, 0.2) is 0 Å². The van der Waals surface area contributed by atoms with Gasteiger partial charge in [0, 0.05) is 10.9 Å². The van der Waals surface area contributed by atoms with Gasteiger partial charge in [0.25, 0.3) is 0 Å². The number of halogens is 3. The quantitative estimate of drug-likeness (QED) is 0.805. The molecule has 106 valence electrons. The van der Waals surface area contributed by atoms with Crippen molar-refractivity contribution in [2.24, 2.45) is 0 Å². The van der Waals surface area contributed by atoms with Crippen LogP contribution in [0, 0.1) is 5.82 Å². The second-order valence-electron chi connectivity index (χ2n) is 4.35. The van der Waals surface area contributed by atoms with Gasteiger partial charge in [0.2, 0.25) is 0 Å². The number of benzene rings is 2. The van der Waals surface area contributed by atoms with Crippen LogP contribution in [0.25, 0.3) is 0 Å². The lowest BCUT2D eigenvalue weighted by Crippen LogP contribution is -2.03. The molecule has 2 aromatic rings. The van der Waals surface area contributed by atoms with E-state index in [4.69, 9.17) is 4.74 Å². The van der Waals surface area contributed by atoms with Crippen LogP contribution in [0.15, 0.2) is 45.3 Å². The van der Waals surface area contributed by atoms with Gasteiger partial charge in [-0.3, -0.25) is 0 Å². The van der Waals surface area contributed by atoms with E-state index in [2.05, 4.69) is 31.9 Å². The maximum Gasteiger partial charge on any atom is 0.137 e. The molecular weight excluding hydrogens is 391 g/mol. The van der Waals surface area contributed by atoms with Crippen LogP contribution in [0.4, 0.5) is 4.39 Å². The van der Waals surface area contributed by atoms with Gasteiger partial charge in [-0.1, -0.05) is 22.0 Å². The number of hydrogen-bond donors (Lipinski definition) is 1. The molecule has 0 aliphatic rings. The SMILES string of the molecule is COc1ccc(Br)c(CC(O)c2ccc(F)c(Br)c2)c1. The highest BCUT2D eigenvalue weighted by Gasteiger charge is 2.13. The smallest absolute Gasteiger partial charge is 0.137 e. The standard InChI is InChI=1S/C15H13Br2FO2/c1-20-11-3-4-12(16)10(6-11)8-15(19)9-2-5-14(18)13(17)7-9/h2-7,15,19H,8H2,1H3. The summed E-state index contributed by atoms with van der Waals surface area (Å²) in [5.74, 6) is 0.388. The van der Waals surface area contributed by atoms with Crippen molar-refractivity contribution in [2.75, 3.05) is 7.11 Å². The molecule has 0 saturated heterocycles. The van der Waals surface area contributed by atoms with Crippen LogP contribution in [-0.2, 0) is 6.42 Å². The molecule has 1 N–H and O–H groups in total. The molecule has 20 heavy (non-hydrogen) atoms. The van der Waals surface area contributed by atoms with Gasteiger partial charge < -0.3 is 9.84 Å². The number of methoxy groups -OCH3 is 1. The third-order valence-electron chi connectivity index (χ3n) is 2.99. The van der Waals surface area contributed by atoms with E-state index in [1.54, 1.807) is 19.2 Å². The summed E-state index contributed by atoms with van der Waals surface area (Å²) >= 11 is 6.57. The highest BCUT2D eigenvalue weighted by Crippen LogP contribution is 2.28. The van der Waals surface area contributed by atoms with E-state index in [0.29, 0.717) is 16.5 Å². The molecule has 0 aliphatic carbocycles. The van der Waals surface area contributed by atoms with Crippen molar-refractivity contribution in [3.05, 3.63) is 62.3 Å². The Morgan fingerprint density at radius 3 is 2.55 bits per heavy atom. The number of aliphatic hydroxyl groups excluding tert-OH is 1. The van der Waals surface area contributed by atoms with Crippen LogP contribution < -0.4 is 4.74 Å². The van der Waals surface area contributed by atoms with Gasteiger partial charge in [0.1, 0.15) is 11.6 Å². The van der Waals surface area contributed by atoms with Crippen LogP contribution >= 0.6 is 31.9 Å². The predicted octanol–water partition coefficient (Wildman–Crippen LogP) is 4.64. The maximum absolute atomic E-state index is 13.2. The summed E-state index contributed by atoms with van der Waals surface area (Å²) in [6.07, 6.45) is -0.300. The molecule has 1 unspecified atom stereocenters. The lowest BCUT2D eigenvalue weighted by Gasteiger charge is -2.14. The Morgan fingerprint density at radius 1 is 1.15 bits per heavy atom. The molecule has 0 amide bonds. The van der Waals surface area contributed by atoms with E-state index in [0.717, 1.165) is 15.8 Å². The summed E-state index contributed by atoms with van der Waals surface area (Å²) in [6.45, 7) is 0. The minimum absolute atomic E-state index is 0.344. The van der Waals surface area contributed by atoms with E-state index >= 15 is 0 Å². The van der Waals surface area contributed by atoms with Crippen molar-refractivity contribution in [3.8, 4) is 5.75 Å². The Kier molecular flexibility index (Phi) is 5.18. The molecule has 5 heteroatoms. The first kappa shape index (κ1) is 15.5. The molecule has 2 rings (SSSR count). The van der Waals surface area contributed by atoms with Gasteiger partial charge in [-0.05, 0) is 57.4 Å². The van der Waals surface area contributed by atoms with Gasteiger partial charge in [-0.15, -0.1) is 0 Å². The Labute approximate surface area is 133 Å². The predicted molar refractivity (Wildman–Crippen MR) is 83.5 cm³/mol. The number of rotatable bonds is 4. The average molecular weight is 404 g/mol. The zero-order valence-electron chi connectivity index (χ0n) is 10.7. The van der Waals surface area contributed by atoms with Crippen LogP contribution in [0.2, 0.25) is 0 Å². The van der Waals surface area contributed by atoms with Crippen molar-refractivity contribution in [1.29, 1.82) is 0 Å². The minimum atomic E-state index is -0.713. The lowest BCUT2D eigenvalue weighted by atomic mass is 10.0. The summed E-state index contributed by atoms with van der Waals surface area (Å²) < 4.78 is 19.6. The van der Waals surface area contributed by atoms with E-state index < -0.39 is 6.10 Å². The molecule has 0 saturated carbocycles. The van der Waals surface area contributed by atoms with Gasteiger partial charge in [-0.25, -0.2) is 4.39 Å². The fourth-order valence-electron chi connectivity index (χ4n) is 1.88. The first-order valence-corrected chi connectivity index (χ1v) is 7.55. The summed E-state index contributed by atoms with van der Waals surface area (Å²) in [7, 11) is 1.60. The lowest BCUT2D eigenvalue weighted by molar-refractivity contribution is 0.178. The van der Waals surface area contributed by atoms with Gasteiger partial charge in [0.05, 0.1) is 17.7 Å².